The van der Waals surface area contributed by atoms with Gasteiger partial charge in [-0.05, 0) is 51.9 Å². The molecule has 0 fully saturated rings. The number of hydrogen-bond acceptors (Lipinski definition) is 7. The Labute approximate surface area is 198 Å². The van der Waals surface area contributed by atoms with Gasteiger partial charge in [0, 0.05) is 10.9 Å². The topological polar surface area (TPSA) is 91.6 Å². The Morgan fingerprint density at radius 1 is 1.09 bits per heavy atom. The summed E-state index contributed by atoms with van der Waals surface area (Å²) in [5, 5.41) is 25.1. The maximum absolute atomic E-state index is 12.1. The lowest BCUT2D eigenvalue weighted by molar-refractivity contribution is -0.492. The van der Waals surface area contributed by atoms with Gasteiger partial charge in [-0.15, -0.1) is 5.75 Å². The molecule has 0 radical (unpaired) electrons. The summed E-state index contributed by atoms with van der Waals surface area (Å²) in [6.45, 7) is 1.78. The molecule has 32 heavy (non-hydrogen) atoms. The Morgan fingerprint density at radius 2 is 1.88 bits per heavy atom. The largest absolute Gasteiger partial charge is 0.872 e. The van der Waals surface area contributed by atoms with E-state index in [1.807, 2.05) is 6.07 Å². The summed E-state index contributed by atoms with van der Waals surface area (Å²) >= 11 is 4.60. The predicted molar refractivity (Wildman–Crippen MR) is 129 cm³/mol. The van der Waals surface area contributed by atoms with Crippen LogP contribution < -0.4 is 15.6 Å². The van der Waals surface area contributed by atoms with Gasteiger partial charge in [0.25, 0.3) is 5.91 Å². The molecule has 0 saturated heterocycles. The van der Waals surface area contributed by atoms with Crippen molar-refractivity contribution < 1.29 is 15.0 Å². The van der Waals surface area contributed by atoms with Crippen LogP contribution >= 0.6 is 34.9 Å². The first-order valence-electron chi connectivity index (χ1n) is 9.80. The number of carbonyl (C=O) groups excluding carboxylic acids is 1. The molecule has 0 bridgehead atoms. The number of rotatable bonds is 8. The van der Waals surface area contributed by atoms with E-state index in [0.29, 0.717) is 5.71 Å². The van der Waals surface area contributed by atoms with Crippen molar-refractivity contribution in [2.75, 3.05) is 5.75 Å². The first kappa shape index (κ1) is 22.3. The van der Waals surface area contributed by atoms with E-state index in [-0.39, 0.29) is 17.4 Å². The minimum absolute atomic E-state index is 0.0584. The molecule has 0 spiro atoms. The lowest BCUT2D eigenvalue weighted by atomic mass is 10.1. The van der Waals surface area contributed by atoms with Crippen molar-refractivity contribution in [3.05, 3.63) is 77.9 Å². The van der Waals surface area contributed by atoms with Crippen LogP contribution in [0.2, 0.25) is 0 Å². The van der Waals surface area contributed by atoms with Gasteiger partial charge in [0.1, 0.15) is 0 Å². The molecular formula is C23H20N4O2S3. The zero-order valence-electron chi connectivity index (χ0n) is 17.2. The van der Waals surface area contributed by atoms with Crippen LogP contribution in [0.1, 0.15) is 18.1 Å². The van der Waals surface area contributed by atoms with Gasteiger partial charge in [-0.3, -0.25) is 4.79 Å². The molecule has 0 atom stereocenters. The molecule has 2 N–H and O–H groups in total. The summed E-state index contributed by atoms with van der Waals surface area (Å²) in [6.07, 6.45) is 0. The summed E-state index contributed by atoms with van der Waals surface area (Å²) in [7, 11) is 0. The smallest absolute Gasteiger partial charge is 0.323 e. The van der Waals surface area contributed by atoms with Crippen molar-refractivity contribution in [1.29, 1.82) is 0 Å². The highest BCUT2D eigenvalue weighted by molar-refractivity contribution is 8.03. The fraction of sp³-hybridized carbons (Fsp3) is 0.130. The first-order valence-corrected chi connectivity index (χ1v) is 12.6. The van der Waals surface area contributed by atoms with Crippen LogP contribution in [0.15, 0.2) is 80.5 Å². The molecule has 3 aromatic carbocycles. The molecule has 0 aliphatic carbocycles. The number of thioether (sulfide) groups is 2. The average molecular weight is 481 g/mol. The van der Waals surface area contributed by atoms with Gasteiger partial charge < -0.3 is 5.11 Å². The van der Waals surface area contributed by atoms with Gasteiger partial charge in [-0.25, -0.2) is 5.43 Å². The zero-order chi connectivity index (χ0) is 22.3. The Hall–Kier alpha value is -2.88. The van der Waals surface area contributed by atoms with E-state index in [1.165, 1.54) is 51.6 Å². The SMILES string of the molecule is CC(=NNC(=O)CSc1n[nH+]c(SCc2cccc3ccccc23)s1)c1ccc([O-])cc1. The molecule has 1 amide bonds. The van der Waals surface area contributed by atoms with Gasteiger partial charge in [0.15, 0.2) is 0 Å². The number of nitrogens with zero attached hydrogens (tertiary/aromatic N) is 2. The number of aromatic amines is 1. The molecule has 0 saturated carbocycles. The number of amides is 1. The molecule has 9 heteroatoms. The van der Waals surface area contributed by atoms with Gasteiger partial charge in [-0.1, -0.05) is 83.6 Å². The molecule has 4 aromatic rings. The summed E-state index contributed by atoms with van der Waals surface area (Å²) in [5.41, 5.74) is 5.26. The third kappa shape index (κ3) is 5.87. The van der Waals surface area contributed by atoms with Crippen molar-refractivity contribution in [3.63, 3.8) is 0 Å². The number of H-pyrrole nitrogens is 1. The zero-order valence-corrected chi connectivity index (χ0v) is 19.7. The molecule has 1 aromatic heterocycles. The summed E-state index contributed by atoms with van der Waals surface area (Å²) in [4.78, 5) is 12.1. The van der Waals surface area contributed by atoms with Crippen molar-refractivity contribution in [3.8, 4) is 5.75 Å². The normalized spacial score (nSPS) is 11.6. The van der Waals surface area contributed by atoms with Gasteiger partial charge in [0.2, 0.25) is 4.34 Å². The molecule has 4 rings (SSSR count). The third-order valence-electron chi connectivity index (χ3n) is 4.60. The molecule has 0 aliphatic rings. The van der Waals surface area contributed by atoms with Crippen LogP contribution in [0, 0.1) is 0 Å². The lowest BCUT2D eigenvalue weighted by Crippen LogP contribution is -2.21. The van der Waals surface area contributed by atoms with Crippen LogP contribution in [-0.2, 0) is 10.5 Å². The number of fused-ring (bicyclic) bond motifs is 1. The molecule has 1 heterocycles. The van der Waals surface area contributed by atoms with Crippen LogP contribution in [0.4, 0.5) is 0 Å². The van der Waals surface area contributed by atoms with E-state index in [2.05, 4.69) is 57.1 Å². The maximum Gasteiger partial charge on any atom is 0.323 e. The lowest BCUT2D eigenvalue weighted by Gasteiger charge is -2.06. The molecule has 6 nitrogen and oxygen atoms in total. The Morgan fingerprint density at radius 3 is 2.72 bits per heavy atom. The minimum Gasteiger partial charge on any atom is -0.872 e. The third-order valence-corrected chi connectivity index (χ3v) is 7.91. The quantitative estimate of drug-likeness (QED) is 0.233. The molecule has 162 valence electrons. The van der Waals surface area contributed by atoms with Crippen molar-refractivity contribution in [1.82, 2.24) is 10.5 Å². The van der Waals surface area contributed by atoms with E-state index in [9.17, 15) is 9.90 Å². The fourth-order valence-electron chi connectivity index (χ4n) is 2.97. The monoisotopic (exact) mass is 480 g/mol. The van der Waals surface area contributed by atoms with Gasteiger partial charge >= 0.3 is 4.34 Å². The summed E-state index contributed by atoms with van der Waals surface area (Å²) in [6, 6.07) is 21.0. The van der Waals surface area contributed by atoms with Crippen LogP contribution in [0.3, 0.4) is 0 Å². The van der Waals surface area contributed by atoms with Crippen LogP contribution in [0.25, 0.3) is 10.8 Å². The van der Waals surface area contributed by atoms with Gasteiger partial charge in [-0.2, -0.15) is 5.10 Å². The number of hydrogen-bond donors (Lipinski definition) is 1. The second kappa shape index (κ2) is 10.6. The number of aromatic nitrogens is 2. The minimum atomic E-state index is -0.213. The first-order chi connectivity index (χ1) is 15.6. The average Bonchev–Trinajstić information content (AvgIpc) is 3.28. The second-order valence-corrected chi connectivity index (χ2v) is 10.3. The van der Waals surface area contributed by atoms with Crippen LogP contribution in [-0.4, -0.2) is 22.5 Å². The predicted octanol–water partition coefficient (Wildman–Crippen LogP) is 4.11. The Balaban J connectivity index is 1.27. The fourth-order valence-corrected chi connectivity index (χ4v) is 5.86. The number of carbonyl (C=O) groups is 1. The van der Waals surface area contributed by atoms with E-state index < -0.39 is 0 Å². The number of benzene rings is 3. The van der Waals surface area contributed by atoms with Gasteiger partial charge in [0.05, 0.1) is 11.5 Å². The molecule has 0 unspecified atom stereocenters. The summed E-state index contributed by atoms with van der Waals surface area (Å²) in [5.74, 6) is 0.781. The van der Waals surface area contributed by atoms with Crippen LogP contribution in [0.5, 0.6) is 5.75 Å². The molecular weight excluding hydrogens is 460 g/mol. The Kier molecular flexibility index (Phi) is 7.41. The van der Waals surface area contributed by atoms with E-state index in [1.54, 1.807) is 30.8 Å². The van der Waals surface area contributed by atoms with Crippen molar-refractivity contribution >= 4 is 57.3 Å². The Bertz CT molecular complexity index is 1250. The number of nitrogens with one attached hydrogen (secondary N) is 2. The van der Waals surface area contributed by atoms with E-state index in [4.69, 9.17) is 0 Å². The van der Waals surface area contributed by atoms with E-state index >= 15 is 0 Å². The summed E-state index contributed by atoms with van der Waals surface area (Å²) < 4.78 is 1.80. The van der Waals surface area contributed by atoms with Crippen molar-refractivity contribution in [2.45, 2.75) is 21.4 Å². The highest BCUT2D eigenvalue weighted by Gasteiger charge is 2.14. The standard InChI is InChI=1S/C23H20N4O2S3/c1-15(16-9-11-19(28)12-10-16)24-25-21(29)14-31-23-27-26-22(32-23)30-13-18-7-4-6-17-5-2-3-8-20(17)18/h2-12,28H,13-14H2,1H3,(H,25,29). The van der Waals surface area contributed by atoms with E-state index in [0.717, 1.165) is 20.0 Å². The maximum atomic E-state index is 12.1. The number of hydrazone groups is 1. The second-order valence-electron chi connectivity index (χ2n) is 6.85. The van der Waals surface area contributed by atoms with Crippen molar-refractivity contribution in [2.24, 2.45) is 5.10 Å². The molecule has 0 aliphatic heterocycles. The highest BCUT2D eigenvalue weighted by atomic mass is 32.2. The highest BCUT2D eigenvalue weighted by Crippen LogP contribution is 2.30.